The highest BCUT2D eigenvalue weighted by atomic mass is 16.5. The Balaban J connectivity index is 1.56. The first kappa shape index (κ1) is 12.9. The van der Waals surface area contributed by atoms with E-state index in [1.54, 1.807) is 0 Å². The molecule has 3 rings (SSSR count). The summed E-state index contributed by atoms with van der Waals surface area (Å²) < 4.78 is 6.08. The highest BCUT2D eigenvalue weighted by Crippen LogP contribution is 2.25. The van der Waals surface area contributed by atoms with Crippen molar-refractivity contribution in [1.82, 2.24) is 10.2 Å². The predicted octanol–water partition coefficient (Wildman–Crippen LogP) is 2.24. The van der Waals surface area contributed by atoms with E-state index in [2.05, 4.69) is 41.5 Å². The molecule has 0 spiro atoms. The Bertz CT molecular complexity index is 390. The van der Waals surface area contributed by atoms with Gasteiger partial charge in [-0.1, -0.05) is 12.1 Å². The second kappa shape index (κ2) is 5.93. The van der Waals surface area contributed by atoms with E-state index in [-0.39, 0.29) is 0 Å². The Hall–Kier alpha value is -1.06. The normalized spacial score (nSPS) is 25.6. The number of nitrogens with one attached hydrogen (secondary N) is 1. The smallest absolute Gasteiger partial charge is 0.119 e. The number of benzene rings is 1. The molecule has 1 aromatic rings. The van der Waals surface area contributed by atoms with Crippen LogP contribution >= 0.6 is 0 Å². The SMILES string of the molecule is CN1CCC(Oc2ccc(C3CCNC3)cc2)CC1. The van der Waals surface area contributed by atoms with Crippen molar-refractivity contribution in [2.75, 3.05) is 33.2 Å². The maximum absolute atomic E-state index is 6.08. The van der Waals surface area contributed by atoms with Crippen LogP contribution in [0, 0.1) is 0 Å². The molecule has 1 N–H and O–H groups in total. The third kappa shape index (κ3) is 3.28. The quantitative estimate of drug-likeness (QED) is 0.902. The Morgan fingerprint density at radius 1 is 1.11 bits per heavy atom. The van der Waals surface area contributed by atoms with Crippen LogP contribution in [0.4, 0.5) is 0 Å². The Kier molecular flexibility index (Phi) is 4.04. The van der Waals surface area contributed by atoms with Crippen LogP contribution in [0.15, 0.2) is 24.3 Å². The van der Waals surface area contributed by atoms with Crippen LogP contribution in [0.3, 0.4) is 0 Å². The molecule has 3 heteroatoms. The van der Waals surface area contributed by atoms with Crippen LogP contribution in [0.1, 0.15) is 30.7 Å². The topological polar surface area (TPSA) is 24.5 Å². The summed E-state index contributed by atoms with van der Waals surface area (Å²) in [5, 5.41) is 3.42. The van der Waals surface area contributed by atoms with Crippen molar-refractivity contribution in [2.45, 2.75) is 31.3 Å². The first-order chi connectivity index (χ1) is 9.31. The van der Waals surface area contributed by atoms with E-state index in [4.69, 9.17) is 4.74 Å². The van der Waals surface area contributed by atoms with E-state index in [1.807, 2.05) is 0 Å². The van der Waals surface area contributed by atoms with Gasteiger partial charge in [0.1, 0.15) is 11.9 Å². The van der Waals surface area contributed by atoms with Gasteiger partial charge in [0.05, 0.1) is 0 Å². The minimum atomic E-state index is 0.398. The van der Waals surface area contributed by atoms with Gasteiger partial charge in [-0.25, -0.2) is 0 Å². The van der Waals surface area contributed by atoms with Gasteiger partial charge in [-0.3, -0.25) is 0 Å². The fourth-order valence-electron chi connectivity index (χ4n) is 3.05. The summed E-state index contributed by atoms with van der Waals surface area (Å²) in [6.45, 7) is 4.57. The van der Waals surface area contributed by atoms with Gasteiger partial charge < -0.3 is 15.0 Å². The molecule has 1 aromatic carbocycles. The van der Waals surface area contributed by atoms with E-state index in [0.717, 1.165) is 44.8 Å². The molecule has 0 aliphatic carbocycles. The van der Waals surface area contributed by atoms with Crippen LogP contribution in [-0.2, 0) is 0 Å². The molecule has 2 aliphatic heterocycles. The molecule has 2 heterocycles. The fourth-order valence-corrected chi connectivity index (χ4v) is 3.05. The van der Waals surface area contributed by atoms with Gasteiger partial charge in [0, 0.05) is 19.6 Å². The maximum atomic E-state index is 6.08. The Morgan fingerprint density at radius 2 is 1.84 bits per heavy atom. The van der Waals surface area contributed by atoms with Gasteiger partial charge in [-0.2, -0.15) is 0 Å². The van der Waals surface area contributed by atoms with Crippen LogP contribution in [-0.4, -0.2) is 44.2 Å². The first-order valence-electron chi connectivity index (χ1n) is 7.47. The summed E-state index contributed by atoms with van der Waals surface area (Å²) >= 11 is 0. The summed E-state index contributed by atoms with van der Waals surface area (Å²) in [6, 6.07) is 8.77. The summed E-state index contributed by atoms with van der Waals surface area (Å²) in [5.74, 6) is 1.72. The molecule has 1 unspecified atom stereocenters. The Labute approximate surface area is 115 Å². The first-order valence-corrected chi connectivity index (χ1v) is 7.47. The summed E-state index contributed by atoms with van der Waals surface area (Å²) in [5.41, 5.74) is 1.45. The second-order valence-electron chi connectivity index (χ2n) is 5.88. The van der Waals surface area contributed by atoms with Crippen LogP contribution < -0.4 is 10.1 Å². The average Bonchev–Trinajstić information content (AvgIpc) is 2.96. The standard InChI is InChI=1S/C16H24N2O/c1-18-10-7-16(8-11-18)19-15-4-2-13(3-5-15)14-6-9-17-12-14/h2-5,14,16-17H,6-12H2,1H3. The number of likely N-dealkylation sites (tertiary alicyclic amines) is 1. The van der Waals surface area contributed by atoms with Crippen LogP contribution in [0.5, 0.6) is 5.75 Å². The molecule has 0 radical (unpaired) electrons. The summed E-state index contributed by atoms with van der Waals surface area (Å²) in [4.78, 5) is 2.37. The lowest BCUT2D eigenvalue weighted by Gasteiger charge is -2.29. The summed E-state index contributed by atoms with van der Waals surface area (Å²) in [6.07, 6.45) is 3.94. The number of rotatable bonds is 3. The van der Waals surface area contributed by atoms with E-state index in [1.165, 1.54) is 12.0 Å². The molecule has 0 amide bonds. The zero-order chi connectivity index (χ0) is 13.1. The van der Waals surface area contributed by atoms with Gasteiger partial charge in [-0.05, 0) is 56.5 Å². The van der Waals surface area contributed by atoms with Crippen molar-refractivity contribution < 1.29 is 4.74 Å². The zero-order valence-corrected chi connectivity index (χ0v) is 11.8. The highest BCUT2D eigenvalue weighted by Gasteiger charge is 2.19. The fraction of sp³-hybridized carbons (Fsp3) is 0.625. The predicted molar refractivity (Wildman–Crippen MR) is 77.8 cm³/mol. The molecular formula is C16H24N2O. The van der Waals surface area contributed by atoms with E-state index >= 15 is 0 Å². The minimum Gasteiger partial charge on any atom is -0.490 e. The molecule has 2 saturated heterocycles. The molecular weight excluding hydrogens is 236 g/mol. The van der Waals surface area contributed by atoms with Gasteiger partial charge in [0.2, 0.25) is 0 Å². The number of nitrogens with zero attached hydrogens (tertiary/aromatic N) is 1. The van der Waals surface area contributed by atoms with Gasteiger partial charge in [0.25, 0.3) is 0 Å². The third-order valence-corrected chi connectivity index (χ3v) is 4.38. The average molecular weight is 260 g/mol. The van der Waals surface area contributed by atoms with E-state index < -0.39 is 0 Å². The number of piperidine rings is 1. The van der Waals surface area contributed by atoms with Crippen molar-refractivity contribution >= 4 is 0 Å². The zero-order valence-electron chi connectivity index (χ0n) is 11.8. The molecule has 0 bridgehead atoms. The number of ether oxygens (including phenoxy) is 1. The third-order valence-electron chi connectivity index (χ3n) is 4.38. The molecule has 1 atom stereocenters. The molecule has 0 saturated carbocycles. The lowest BCUT2D eigenvalue weighted by atomic mass is 9.98. The monoisotopic (exact) mass is 260 g/mol. The van der Waals surface area contributed by atoms with Gasteiger partial charge >= 0.3 is 0 Å². The molecule has 2 fully saturated rings. The van der Waals surface area contributed by atoms with Crippen molar-refractivity contribution in [2.24, 2.45) is 0 Å². The Morgan fingerprint density at radius 3 is 2.47 bits per heavy atom. The van der Waals surface area contributed by atoms with Crippen LogP contribution in [0.25, 0.3) is 0 Å². The summed E-state index contributed by atoms with van der Waals surface area (Å²) in [7, 11) is 2.18. The molecule has 19 heavy (non-hydrogen) atoms. The second-order valence-corrected chi connectivity index (χ2v) is 5.88. The number of hydrogen-bond donors (Lipinski definition) is 1. The number of hydrogen-bond acceptors (Lipinski definition) is 3. The highest BCUT2D eigenvalue weighted by molar-refractivity contribution is 5.30. The molecule has 0 aromatic heterocycles. The minimum absolute atomic E-state index is 0.398. The van der Waals surface area contributed by atoms with Crippen molar-refractivity contribution in [3.63, 3.8) is 0 Å². The lowest BCUT2D eigenvalue weighted by molar-refractivity contribution is 0.114. The molecule has 2 aliphatic rings. The van der Waals surface area contributed by atoms with Crippen molar-refractivity contribution in [3.8, 4) is 5.75 Å². The lowest BCUT2D eigenvalue weighted by Crippen LogP contribution is -2.35. The van der Waals surface area contributed by atoms with Gasteiger partial charge in [-0.15, -0.1) is 0 Å². The molecule has 3 nitrogen and oxygen atoms in total. The van der Waals surface area contributed by atoms with Crippen molar-refractivity contribution in [3.05, 3.63) is 29.8 Å². The van der Waals surface area contributed by atoms with Crippen LogP contribution in [0.2, 0.25) is 0 Å². The van der Waals surface area contributed by atoms with Gasteiger partial charge in [0.15, 0.2) is 0 Å². The van der Waals surface area contributed by atoms with Crippen molar-refractivity contribution in [1.29, 1.82) is 0 Å². The maximum Gasteiger partial charge on any atom is 0.119 e. The largest absolute Gasteiger partial charge is 0.490 e. The van der Waals surface area contributed by atoms with E-state index in [0.29, 0.717) is 12.0 Å². The molecule has 104 valence electrons. The van der Waals surface area contributed by atoms with E-state index in [9.17, 15) is 0 Å².